The molecule has 0 bridgehead atoms. The molecule has 1 saturated heterocycles. The second-order valence-corrected chi connectivity index (χ2v) is 5.51. The quantitative estimate of drug-likeness (QED) is 0.694. The van der Waals surface area contributed by atoms with Gasteiger partial charge in [-0.1, -0.05) is 6.92 Å². The van der Waals surface area contributed by atoms with Gasteiger partial charge in [0.2, 0.25) is 0 Å². The first kappa shape index (κ1) is 15.4. The topological polar surface area (TPSA) is 55.8 Å². The van der Waals surface area contributed by atoms with E-state index in [0.29, 0.717) is 12.6 Å². The highest BCUT2D eigenvalue weighted by Gasteiger charge is 2.33. The zero-order valence-electron chi connectivity index (χ0n) is 12.1. The fourth-order valence-electron chi connectivity index (χ4n) is 2.74. The van der Waals surface area contributed by atoms with E-state index < -0.39 is 11.5 Å². The highest BCUT2D eigenvalue weighted by atomic mass is 16.4. The molecule has 1 aliphatic rings. The van der Waals surface area contributed by atoms with Gasteiger partial charge >= 0.3 is 5.97 Å². The smallest absolute Gasteiger partial charge is 0.324 e. The standard InChI is InChI=1S/C13H27N3O2/c1-5-16-8-6-7-11(16)9-15(4)10-13(2,14-3)12(17)18/h11,14H,5-10H2,1-4H3,(H,17,18). The van der Waals surface area contributed by atoms with Crippen molar-refractivity contribution in [1.29, 1.82) is 0 Å². The van der Waals surface area contributed by atoms with Crippen molar-refractivity contribution in [3.63, 3.8) is 0 Å². The van der Waals surface area contributed by atoms with Crippen LogP contribution in [0, 0.1) is 0 Å². The summed E-state index contributed by atoms with van der Waals surface area (Å²) < 4.78 is 0. The Morgan fingerprint density at radius 1 is 1.61 bits per heavy atom. The lowest BCUT2D eigenvalue weighted by molar-refractivity contribution is -0.144. The van der Waals surface area contributed by atoms with Crippen molar-refractivity contribution in [2.24, 2.45) is 0 Å². The van der Waals surface area contributed by atoms with Gasteiger partial charge < -0.3 is 15.3 Å². The molecule has 2 N–H and O–H groups in total. The molecule has 0 amide bonds. The summed E-state index contributed by atoms with van der Waals surface area (Å²) in [7, 11) is 3.71. The van der Waals surface area contributed by atoms with Crippen molar-refractivity contribution >= 4 is 5.97 Å². The number of carbonyl (C=O) groups is 1. The number of carboxylic acids is 1. The molecule has 106 valence electrons. The van der Waals surface area contributed by atoms with Crippen LogP contribution in [0.25, 0.3) is 0 Å². The van der Waals surface area contributed by atoms with Crippen molar-refractivity contribution in [2.75, 3.05) is 40.3 Å². The molecule has 1 rings (SSSR count). The molecule has 0 spiro atoms. The third-order valence-electron chi connectivity index (χ3n) is 4.04. The summed E-state index contributed by atoms with van der Waals surface area (Å²) >= 11 is 0. The molecule has 0 radical (unpaired) electrons. The summed E-state index contributed by atoms with van der Waals surface area (Å²) in [6.07, 6.45) is 2.48. The molecule has 5 heteroatoms. The first-order valence-corrected chi connectivity index (χ1v) is 6.78. The number of hydrogen-bond acceptors (Lipinski definition) is 4. The molecule has 5 nitrogen and oxygen atoms in total. The third-order valence-corrected chi connectivity index (χ3v) is 4.04. The average Bonchev–Trinajstić information content (AvgIpc) is 2.75. The minimum atomic E-state index is -0.871. The van der Waals surface area contributed by atoms with Gasteiger partial charge in [-0.05, 0) is 47.0 Å². The largest absolute Gasteiger partial charge is 0.480 e. The van der Waals surface area contributed by atoms with Gasteiger partial charge in [-0.2, -0.15) is 0 Å². The number of likely N-dealkylation sites (tertiary alicyclic amines) is 1. The Morgan fingerprint density at radius 2 is 2.28 bits per heavy atom. The number of nitrogens with one attached hydrogen (secondary N) is 1. The Kier molecular flexibility index (Phi) is 5.56. The molecule has 18 heavy (non-hydrogen) atoms. The van der Waals surface area contributed by atoms with Crippen molar-refractivity contribution in [3.8, 4) is 0 Å². The van der Waals surface area contributed by atoms with Crippen molar-refractivity contribution < 1.29 is 9.90 Å². The van der Waals surface area contributed by atoms with E-state index in [1.807, 2.05) is 7.05 Å². The maximum Gasteiger partial charge on any atom is 0.324 e. The Hall–Kier alpha value is -0.650. The lowest BCUT2D eigenvalue weighted by atomic mass is 10.0. The van der Waals surface area contributed by atoms with Crippen LogP contribution in [0.1, 0.15) is 26.7 Å². The van der Waals surface area contributed by atoms with Crippen LogP contribution in [-0.2, 0) is 4.79 Å². The minimum absolute atomic E-state index is 0.521. The van der Waals surface area contributed by atoms with Gasteiger partial charge in [0.1, 0.15) is 5.54 Å². The molecule has 1 fully saturated rings. The normalized spacial score (nSPS) is 24.4. The summed E-state index contributed by atoms with van der Waals surface area (Å²) in [5.74, 6) is -0.796. The van der Waals surface area contributed by atoms with Gasteiger partial charge in [0, 0.05) is 19.1 Å². The zero-order chi connectivity index (χ0) is 13.8. The Balaban J connectivity index is 2.50. The second-order valence-electron chi connectivity index (χ2n) is 5.51. The van der Waals surface area contributed by atoms with Crippen LogP contribution in [0.2, 0.25) is 0 Å². The van der Waals surface area contributed by atoms with Crippen LogP contribution in [0.15, 0.2) is 0 Å². The fraction of sp³-hybridized carbons (Fsp3) is 0.923. The highest BCUT2D eigenvalue weighted by Crippen LogP contribution is 2.18. The first-order valence-electron chi connectivity index (χ1n) is 6.78. The number of likely N-dealkylation sites (N-methyl/N-ethyl adjacent to an activating group) is 3. The van der Waals surface area contributed by atoms with Gasteiger partial charge in [-0.25, -0.2) is 0 Å². The molecule has 2 unspecified atom stereocenters. The van der Waals surface area contributed by atoms with E-state index in [1.165, 1.54) is 19.4 Å². The van der Waals surface area contributed by atoms with Crippen molar-refractivity contribution in [3.05, 3.63) is 0 Å². The molecule has 0 saturated carbocycles. The average molecular weight is 257 g/mol. The molecule has 1 heterocycles. The molecule has 0 aromatic heterocycles. The SMILES string of the molecule is CCN1CCCC1CN(C)CC(C)(NC)C(=O)O. The van der Waals surface area contributed by atoms with Crippen molar-refractivity contribution in [2.45, 2.75) is 38.3 Å². The van der Waals surface area contributed by atoms with E-state index in [4.69, 9.17) is 0 Å². The Morgan fingerprint density at radius 3 is 2.78 bits per heavy atom. The Bertz CT molecular complexity index is 285. The number of carboxylic acid groups (broad SMARTS) is 1. The van der Waals surface area contributed by atoms with Crippen LogP contribution in [-0.4, -0.2) is 72.7 Å². The molecule has 0 aromatic carbocycles. The summed E-state index contributed by atoms with van der Waals surface area (Å²) in [6.45, 7) is 7.65. The van der Waals surface area contributed by atoms with Gasteiger partial charge in [0.25, 0.3) is 0 Å². The second kappa shape index (κ2) is 6.50. The third kappa shape index (κ3) is 3.67. The van der Waals surface area contributed by atoms with Gasteiger partial charge in [-0.15, -0.1) is 0 Å². The van der Waals surface area contributed by atoms with E-state index in [0.717, 1.165) is 13.1 Å². The van der Waals surface area contributed by atoms with E-state index in [1.54, 1.807) is 14.0 Å². The van der Waals surface area contributed by atoms with Gasteiger partial charge in [0.05, 0.1) is 0 Å². The molecule has 2 atom stereocenters. The van der Waals surface area contributed by atoms with Crippen molar-refractivity contribution in [1.82, 2.24) is 15.1 Å². The predicted octanol–water partition coefficient (Wildman–Crippen LogP) is 0.465. The zero-order valence-corrected chi connectivity index (χ0v) is 12.1. The first-order chi connectivity index (χ1) is 8.42. The lowest BCUT2D eigenvalue weighted by Crippen LogP contribution is -2.56. The van der Waals surface area contributed by atoms with E-state index >= 15 is 0 Å². The van der Waals surface area contributed by atoms with Gasteiger partial charge in [-0.3, -0.25) is 9.69 Å². The molecule has 1 aliphatic heterocycles. The highest BCUT2D eigenvalue weighted by molar-refractivity contribution is 5.78. The molecular weight excluding hydrogens is 230 g/mol. The fourth-order valence-corrected chi connectivity index (χ4v) is 2.74. The summed E-state index contributed by atoms with van der Waals surface area (Å²) in [4.78, 5) is 15.9. The van der Waals surface area contributed by atoms with Crippen LogP contribution >= 0.6 is 0 Å². The molecule has 0 aromatic rings. The number of rotatable bonds is 7. The predicted molar refractivity (Wildman–Crippen MR) is 72.9 cm³/mol. The van der Waals surface area contributed by atoms with E-state index in [2.05, 4.69) is 22.0 Å². The number of hydrogen-bond donors (Lipinski definition) is 2. The number of nitrogens with zero attached hydrogens (tertiary/aromatic N) is 2. The van der Waals surface area contributed by atoms with E-state index in [-0.39, 0.29) is 0 Å². The number of aliphatic carboxylic acids is 1. The summed E-state index contributed by atoms with van der Waals surface area (Å²) in [5.41, 5.74) is -0.871. The van der Waals surface area contributed by atoms with Crippen LogP contribution in [0.4, 0.5) is 0 Å². The molecule has 0 aliphatic carbocycles. The van der Waals surface area contributed by atoms with Gasteiger partial charge in [0.15, 0.2) is 0 Å². The Labute approximate surface area is 110 Å². The summed E-state index contributed by atoms with van der Waals surface area (Å²) in [6, 6.07) is 0.579. The van der Waals surface area contributed by atoms with Crippen LogP contribution in [0.5, 0.6) is 0 Å². The van der Waals surface area contributed by atoms with Crippen LogP contribution < -0.4 is 5.32 Å². The lowest BCUT2D eigenvalue weighted by Gasteiger charge is -2.33. The maximum atomic E-state index is 11.2. The maximum absolute atomic E-state index is 11.2. The minimum Gasteiger partial charge on any atom is -0.480 e. The summed E-state index contributed by atoms with van der Waals surface area (Å²) in [5, 5.41) is 12.1. The molecular formula is C13H27N3O2. The van der Waals surface area contributed by atoms with E-state index in [9.17, 15) is 9.90 Å². The monoisotopic (exact) mass is 257 g/mol. The van der Waals surface area contributed by atoms with Crippen LogP contribution in [0.3, 0.4) is 0 Å².